The Morgan fingerprint density at radius 3 is 2.37 bits per heavy atom. The third kappa shape index (κ3) is 8.69. The fourth-order valence-corrected chi connectivity index (χ4v) is 5.67. The minimum absolute atomic E-state index is 0.0107. The molecule has 0 aromatic heterocycles. The lowest BCUT2D eigenvalue weighted by Crippen LogP contribution is -2.47. The first-order valence-electron chi connectivity index (χ1n) is 15.6. The Hall–Kier alpha value is -6.65. The van der Waals surface area contributed by atoms with Gasteiger partial charge in [-0.25, -0.2) is 14.6 Å². The molecule has 0 saturated heterocycles. The minimum Gasteiger partial charge on any atom is -0.508 e. The third-order valence-electron chi connectivity index (χ3n) is 7.93. The van der Waals surface area contributed by atoms with E-state index in [-0.39, 0.29) is 65.1 Å². The summed E-state index contributed by atoms with van der Waals surface area (Å²) < 4.78 is 17.1. The largest absolute Gasteiger partial charge is 0.508 e. The Balaban J connectivity index is 1.50. The summed E-state index contributed by atoms with van der Waals surface area (Å²) in [5, 5.41) is 30.8. The summed E-state index contributed by atoms with van der Waals surface area (Å²) in [6, 6.07) is 10.5. The Bertz CT molecular complexity index is 1940. The average molecular weight is 704 g/mol. The predicted octanol–water partition coefficient (Wildman–Crippen LogP) is 1.03. The van der Waals surface area contributed by atoms with Crippen LogP contribution in [0.2, 0.25) is 0 Å². The molecule has 51 heavy (non-hydrogen) atoms. The number of carboxylic acid groups (broad SMARTS) is 2. The molecule has 17 nitrogen and oxygen atoms in total. The van der Waals surface area contributed by atoms with Crippen LogP contribution in [-0.4, -0.2) is 87.6 Å². The zero-order chi connectivity index (χ0) is 36.8. The zero-order valence-corrected chi connectivity index (χ0v) is 26.9. The van der Waals surface area contributed by atoms with Gasteiger partial charge in [0.1, 0.15) is 30.6 Å². The molecular weight excluding hydrogens is 670 g/mol. The highest BCUT2D eigenvalue weighted by molar-refractivity contribution is 6.02. The number of guanidine groups is 1. The van der Waals surface area contributed by atoms with Crippen molar-refractivity contribution in [1.82, 2.24) is 10.2 Å². The van der Waals surface area contributed by atoms with Crippen LogP contribution in [0.15, 0.2) is 53.5 Å². The van der Waals surface area contributed by atoms with Gasteiger partial charge >= 0.3 is 23.9 Å². The number of amides is 2. The molecule has 0 aliphatic carbocycles. The Kier molecular flexibility index (Phi) is 10.7. The van der Waals surface area contributed by atoms with Crippen LogP contribution in [0.3, 0.4) is 0 Å². The van der Waals surface area contributed by atoms with Gasteiger partial charge in [0.25, 0.3) is 5.91 Å². The number of aliphatic carboxylic acids is 2. The van der Waals surface area contributed by atoms with Crippen molar-refractivity contribution in [2.24, 2.45) is 16.5 Å². The molecule has 0 spiro atoms. The molecule has 2 aliphatic rings. The molecule has 1 atom stereocenters. The van der Waals surface area contributed by atoms with E-state index in [0.29, 0.717) is 34.6 Å². The maximum Gasteiger partial charge on any atom is 0.343 e. The van der Waals surface area contributed by atoms with Crippen molar-refractivity contribution in [3.8, 4) is 23.0 Å². The van der Waals surface area contributed by atoms with E-state index in [1.165, 1.54) is 36.4 Å². The minimum atomic E-state index is -1.42. The molecule has 8 N–H and O–H groups in total. The number of fused-ring (bicyclic) bond motifs is 3. The van der Waals surface area contributed by atoms with Crippen LogP contribution in [0, 0.1) is 0 Å². The van der Waals surface area contributed by atoms with E-state index in [1.54, 1.807) is 12.1 Å². The molecule has 2 heterocycles. The van der Waals surface area contributed by atoms with E-state index >= 15 is 0 Å². The summed E-state index contributed by atoms with van der Waals surface area (Å²) in [6.45, 7) is -1.70. The number of rotatable bonds is 10. The van der Waals surface area contributed by atoms with Gasteiger partial charge in [-0.2, -0.15) is 0 Å². The van der Waals surface area contributed by atoms with Gasteiger partial charge in [0.15, 0.2) is 17.5 Å². The Labute approximate surface area is 289 Å². The standard InChI is InChI=1S/C34H33N5O12/c35-34(36)37-20-6-8-22-18(12-20)2-1-11-49-30-24(50-32(22)47)9-4-17(5-10-26(41)39(15-27(42)43)16-28(44)45)29(30)31(46)38-23-13-19-3-7-21(40)14-25(19)51-33(23)48/h3-4,6-9,12,14,23,40H,1-2,5,10-11,13,15-16H2,(H,38,46)(H,42,43)(H,44,45)(H4,35,36,37)/t23-/m0/s1. The molecule has 0 bridgehead atoms. The summed E-state index contributed by atoms with van der Waals surface area (Å²) in [5.41, 5.74) is 12.8. The second kappa shape index (κ2) is 15.3. The summed E-state index contributed by atoms with van der Waals surface area (Å²) in [6.07, 6.45) is 0.0848. The number of nitrogens with two attached hydrogens (primary N) is 2. The summed E-state index contributed by atoms with van der Waals surface area (Å²) >= 11 is 0. The number of hydrogen-bond donors (Lipinski definition) is 6. The number of aromatic hydroxyl groups is 1. The first-order valence-corrected chi connectivity index (χ1v) is 15.6. The highest BCUT2D eigenvalue weighted by Crippen LogP contribution is 2.37. The van der Waals surface area contributed by atoms with Crippen LogP contribution >= 0.6 is 0 Å². The fourth-order valence-electron chi connectivity index (χ4n) is 5.67. The second-order valence-electron chi connectivity index (χ2n) is 11.6. The van der Waals surface area contributed by atoms with Gasteiger partial charge in [-0.05, 0) is 66.3 Å². The molecule has 0 unspecified atom stereocenters. The number of nitrogens with one attached hydrogen (secondary N) is 1. The van der Waals surface area contributed by atoms with E-state index < -0.39 is 61.2 Å². The molecule has 3 aromatic rings. The molecule has 2 aliphatic heterocycles. The Morgan fingerprint density at radius 1 is 0.922 bits per heavy atom. The molecule has 0 saturated carbocycles. The van der Waals surface area contributed by atoms with E-state index in [0.717, 1.165) is 0 Å². The third-order valence-corrected chi connectivity index (χ3v) is 7.93. The highest BCUT2D eigenvalue weighted by atomic mass is 16.6. The van der Waals surface area contributed by atoms with Crippen LogP contribution in [0.5, 0.6) is 23.0 Å². The summed E-state index contributed by atoms with van der Waals surface area (Å²) in [7, 11) is 0. The van der Waals surface area contributed by atoms with E-state index in [9.17, 15) is 44.1 Å². The quantitative estimate of drug-likeness (QED) is 0.0745. The molecule has 266 valence electrons. The van der Waals surface area contributed by atoms with Crippen LogP contribution in [0.25, 0.3) is 0 Å². The monoisotopic (exact) mass is 703 g/mol. The van der Waals surface area contributed by atoms with Crippen molar-refractivity contribution in [2.75, 3.05) is 19.7 Å². The van der Waals surface area contributed by atoms with E-state index in [2.05, 4.69) is 10.3 Å². The average Bonchev–Trinajstić information content (AvgIpc) is 3.05. The molecule has 17 heteroatoms. The number of phenolic OH excluding ortho intramolecular Hbond substituents is 1. The number of ether oxygens (including phenoxy) is 3. The number of esters is 2. The number of nitrogens with zero attached hydrogens (tertiary/aromatic N) is 2. The Morgan fingerprint density at radius 2 is 1.67 bits per heavy atom. The van der Waals surface area contributed by atoms with Crippen LogP contribution in [0.4, 0.5) is 5.69 Å². The number of aliphatic imine (C=N–C) groups is 1. The van der Waals surface area contributed by atoms with Gasteiger partial charge in [-0.1, -0.05) is 12.1 Å². The van der Waals surface area contributed by atoms with Crippen LogP contribution < -0.4 is 31.0 Å². The number of carboxylic acids is 2. The van der Waals surface area contributed by atoms with Gasteiger partial charge in [0.2, 0.25) is 5.91 Å². The molecular formula is C34H33N5O12. The first-order chi connectivity index (χ1) is 24.3. The van der Waals surface area contributed by atoms with Gasteiger partial charge < -0.3 is 51.2 Å². The molecule has 2 amide bonds. The van der Waals surface area contributed by atoms with E-state index in [4.69, 9.17) is 25.7 Å². The highest BCUT2D eigenvalue weighted by Gasteiger charge is 2.33. The second-order valence-corrected chi connectivity index (χ2v) is 11.6. The summed E-state index contributed by atoms with van der Waals surface area (Å²) in [5.74, 6) is -6.55. The maximum absolute atomic E-state index is 14.1. The fraction of sp³-hybridized carbons (Fsp3) is 0.265. The van der Waals surface area contributed by atoms with E-state index in [1.807, 2.05) is 0 Å². The normalized spacial score (nSPS) is 14.9. The van der Waals surface area contributed by atoms with Gasteiger partial charge in [0.05, 0.1) is 23.4 Å². The predicted molar refractivity (Wildman–Crippen MR) is 176 cm³/mol. The van der Waals surface area contributed by atoms with Gasteiger partial charge in [0, 0.05) is 18.9 Å². The van der Waals surface area contributed by atoms with Crippen LogP contribution in [-0.2, 0) is 38.4 Å². The molecule has 0 radical (unpaired) electrons. The number of phenols is 1. The first kappa shape index (κ1) is 35.7. The molecule has 5 rings (SSSR count). The number of hydrogen-bond acceptors (Lipinski definition) is 11. The van der Waals surface area contributed by atoms with Crippen molar-refractivity contribution < 1.29 is 58.3 Å². The van der Waals surface area contributed by atoms with Crippen molar-refractivity contribution >= 4 is 47.3 Å². The van der Waals surface area contributed by atoms with Crippen molar-refractivity contribution in [3.05, 3.63) is 76.3 Å². The topological polar surface area (TPSA) is 270 Å². The van der Waals surface area contributed by atoms with Crippen molar-refractivity contribution in [2.45, 2.75) is 38.1 Å². The summed E-state index contributed by atoms with van der Waals surface area (Å²) in [4.78, 5) is 80.7. The SMILES string of the molecule is NC(N)=Nc1ccc2c(c1)CCCOc1c(ccc(CCC(=O)N(CC(=O)O)CC(=O)O)c1C(=O)N[C@H]1Cc3ccc(O)cc3OC1=O)OC2=O. The molecule has 3 aromatic carbocycles. The number of carbonyl (C=O) groups excluding carboxylic acids is 4. The van der Waals surface area contributed by atoms with Gasteiger partial charge in [-0.3, -0.25) is 19.2 Å². The lowest BCUT2D eigenvalue weighted by molar-refractivity contribution is -0.149. The van der Waals surface area contributed by atoms with Gasteiger partial charge in [-0.15, -0.1) is 0 Å². The van der Waals surface area contributed by atoms with Crippen LogP contribution in [0.1, 0.15) is 50.2 Å². The van der Waals surface area contributed by atoms with Crippen molar-refractivity contribution in [1.29, 1.82) is 0 Å². The number of carbonyl (C=O) groups is 6. The number of benzene rings is 3. The lowest BCUT2D eigenvalue weighted by Gasteiger charge is -2.26. The smallest absolute Gasteiger partial charge is 0.343 e. The lowest BCUT2D eigenvalue weighted by atomic mass is 9.97. The zero-order valence-electron chi connectivity index (χ0n) is 26.9. The number of aryl methyl sites for hydroxylation is 2. The maximum atomic E-state index is 14.1. The molecule has 0 fully saturated rings. The van der Waals surface area contributed by atoms with Crippen molar-refractivity contribution in [3.63, 3.8) is 0 Å².